The van der Waals surface area contributed by atoms with Gasteiger partial charge in [0.05, 0.1) is 23.6 Å². The van der Waals surface area contributed by atoms with Crippen LogP contribution < -0.4 is 10.6 Å². The summed E-state index contributed by atoms with van der Waals surface area (Å²) < 4.78 is 5.41. The molecule has 0 unspecified atom stereocenters. The number of carbonyl (C=O) groups excluding carboxylic acids is 2. The van der Waals surface area contributed by atoms with Crippen molar-refractivity contribution in [2.45, 2.75) is 13.0 Å². The maximum Gasteiger partial charge on any atom is 0.338 e. The first kappa shape index (κ1) is 23.3. The maximum atomic E-state index is 13.1. The Morgan fingerprint density at radius 2 is 1.56 bits per heavy atom. The number of ether oxygens (including phenoxy) is 1. The number of esters is 1. The summed E-state index contributed by atoms with van der Waals surface area (Å²) in [5.74, 6) is -0.394. The second-order valence-corrected chi connectivity index (χ2v) is 8.41. The first-order valence-electron chi connectivity index (χ1n) is 11.0. The van der Waals surface area contributed by atoms with Crippen LogP contribution in [0.15, 0.2) is 102 Å². The summed E-state index contributed by atoms with van der Waals surface area (Å²) in [6.45, 7) is 2.04. The maximum absolute atomic E-state index is 13.1. The molecule has 0 saturated carbocycles. The molecule has 1 heterocycles. The van der Waals surface area contributed by atoms with Gasteiger partial charge in [0.1, 0.15) is 6.04 Å². The fraction of sp³-hybridized carbons (Fsp3) is 0.148. The second-order valence-electron chi connectivity index (χ2n) is 7.45. The zero-order valence-corrected chi connectivity index (χ0v) is 19.5. The van der Waals surface area contributed by atoms with Gasteiger partial charge in [-0.25, -0.2) is 9.79 Å². The summed E-state index contributed by atoms with van der Waals surface area (Å²) in [7, 11) is 0. The van der Waals surface area contributed by atoms with Gasteiger partial charge in [-0.15, -0.1) is 0 Å². The van der Waals surface area contributed by atoms with Gasteiger partial charge < -0.3 is 15.4 Å². The predicted molar refractivity (Wildman–Crippen MR) is 137 cm³/mol. The van der Waals surface area contributed by atoms with Gasteiger partial charge in [0.2, 0.25) is 5.91 Å². The molecule has 1 aliphatic rings. The molecule has 0 aromatic heterocycles. The molecule has 0 radical (unpaired) electrons. The van der Waals surface area contributed by atoms with Gasteiger partial charge in [-0.1, -0.05) is 90.6 Å². The van der Waals surface area contributed by atoms with Gasteiger partial charge in [0, 0.05) is 5.69 Å². The number of carbonyl (C=O) groups is 2. The Kier molecular flexibility index (Phi) is 7.78. The van der Waals surface area contributed by atoms with E-state index < -0.39 is 12.0 Å². The molecule has 34 heavy (non-hydrogen) atoms. The lowest BCUT2D eigenvalue weighted by atomic mass is 9.94. The number of anilines is 1. The largest absolute Gasteiger partial charge is 0.463 e. The molecule has 0 fully saturated rings. The van der Waals surface area contributed by atoms with Crippen LogP contribution in [0.1, 0.15) is 24.1 Å². The van der Waals surface area contributed by atoms with Crippen LogP contribution in [0.25, 0.3) is 5.70 Å². The molecule has 6 nitrogen and oxygen atoms in total. The molecule has 0 spiro atoms. The van der Waals surface area contributed by atoms with E-state index in [9.17, 15) is 9.59 Å². The highest BCUT2D eigenvalue weighted by Crippen LogP contribution is 2.36. The summed E-state index contributed by atoms with van der Waals surface area (Å²) in [5, 5.41) is 6.73. The van der Waals surface area contributed by atoms with Crippen molar-refractivity contribution >= 4 is 40.2 Å². The number of para-hydroxylation sites is 1. The van der Waals surface area contributed by atoms with Crippen LogP contribution in [0.3, 0.4) is 0 Å². The molecular weight excluding hydrogens is 446 g/mol. The van der Waals surface area contributed by atoms with Crippen molar-refractivity contribution in [2.24, 2.45) is 4.99 Å². The lowest BCUT2D eigenvalue weighted by Crippen LogP contribution is -2.31. The van der Waals surface area contributed by atoms with Crippen LogP contribution in [0.2, 0.25) is 0 Å². The molecule has 3 aromatic carbocycles. The monoisotopic (exact) mass is 471 g/mol. The molecule has 1 atom stereocenters. The quantitative estimate of drug-likeness (QED) is 0.472. The van der Waals surface area contributed by atoms with Crippen molar-refractivity contribution in [3.63, 3.8) is 0 Å². The third-order valence-electron chi connectivity index (χ3n) is 5.09. The third-order valence-corrected chi connectivity index (χ3v) is 5.98. The highest BCUT2D eigenvalue weighted by Gasteiger charge is 2.32. The van der Waals surface area contributed by atoms with Crippen molar-refractivity contribution < 1.29 is 14.3 Å². The SMILES string of the molecule is CCOC(=O)C1=C(c2ccccc2)NC(SCC(=O)Nc2ccccc2)=N[C@H]1c1ccccc1. The molecule has 0 aliphatic carbocycles. The molecular formula is C27H25N3O3S. The number of aliphatic imine (C=N–C) groups is 1. The lowest BCUT2D eigenvalue weighted by Gasteiger charge is -2.27. The number of rotatable bonds is 7. The van der Waals surface area contributed by atoms with Crippen molar-refractivity contribution in [3.05, 3.63) is 108 Å². The predicted octanol–water partition coefficient (Wildman–Crippen LogP) is 5.03. The summed E-state index contributed by atoms with van der Waals surface area (Å²) in [6, 6.07) is 28.0. The Morgan fingerprint density at radius 3 is 2.21 bits per heavy atom. The smallest absolute Gasteiger partial charge is 0.338 e. The Morgan fingerprint density at radius 1 is 0.941 bits per heavy atom. The zero-order chi connectivity index (χ0) is 23.8. The van der Waals surface area contributed by atoms with Crippen molar-refractivity contribution in [1.82, 2.24) is 5.32 Å². The van der Waals surface area contributed by atoms with Crippen molar-refractivity contribution in [3.8, 4) is 0 Å². The average molecular weight is 472 g/mol. The molecule has 2 N–H and O–H groups in total. The Balaban J connectivity index is 1.65. The number of benzene rings is 3. The number of nitrogens with one attached hydrogen (secondary N) is 2. The Labute approximate surface area is 203 Å². The number of hydrogen-bond acceptors (Lipinski definition) is 6. The normalized spacial score (nSPS) is 15.2. The van der Waals surface area contributed by atoms with E-state index in [2.05, 4.69) is 10.6 Å². The summed E-state index contributed by atoms with van der Waals surface area (Å²) in [6.07, 6.45) is 0. The molecule has 0 bridgehead atoms. The van der Waals surface area contributed by atoms with Gasteiger partial charge in [0.15, 0.2) is 5.17 Å². The van der Waals surface area contributed by atoms with Crippen LogP contribution in [0, 0.1) is 0 Å². The van der Waals surface area contributed by atoms with Crippen LogP contribution in [0.4, 0.5) is 5.69 Å². The molecule has 3 aromatic rings. The minimum Gasteiger partial charge on any atom is -0.463 e. The van der Waals surface area contributed by atoms with Crippen LogP contribution in [-0.2, 0) is 14.3 Å². The number of amides is 1. The molecule has 4 rings (SSSR count). The molecule has 1 aliphatic heterocycles. The first-order chi connectivity index (χ1) is 16.7. The average Bonchev–Trinajstić information content (AvgIpc) is 2.88. The Hall–Kier alpha value is -3.84. The van der Waals surface area contributed by atoms with E-state index >= 15 is 0 Å². The standard InChI is InChI=1S/C27H25N3O3S/c1-2-33-26(32)23-24(19-12-6-3-7-13-19)29-27(30-25(23)20-14-8-4-9-15-20)34-18-22(31)28-21-16-10-5-11-17-21/h3-17,24H,2,18H2,1H3,(H,28,31)(H,29,30)/t24-/m0/s1. The van der Waals surface area contributed by atoms with E-state index in [1.807, 2.05) is 91.0 Å². The van der Waals surface area contributed by atoms with Gasteiger partial charge in [0.25, 0.3) is 0 Å². The summed E-state index contributed by atoms with van der Waals surface area (Å²) in [4.78, 5) is 30.4. The first-order valence-corrected chi connectivity index (χ1v) is 12.0. The number of thioether (sulfide) groups is 1. The molecule has 7 heteroatoms. The fourth-order valence-corrected chi connectivity index (χ4v) is 4.28. The van der Waals surface area contributed by atoms with E-state index in [1.54, 1.807) is 6.92 Å². The Bertz CT molecular complexity index is 1200. The number of amidine groups is 1. The van der Waals surface area contributed by atoms with Crippen molar-refractivity contribution in [2.75, 3.05) is 17.7 Å². The molecule has 1 amide bonds. The highest BCUT2D eigenvalue weighted by molar-refractivity contribution is 8.14. The minimum atomic E-state index is -0.559. The number of nitrogens with zero attached hydrogens (tertiary/aromatic N) is 1. The lowest BCUT2D eigenvalue weighted by molar-refractivity contribution is -0.138. The van der Waals surface area contributed by atoms with E-state index in [-0.39, 0.29) is 18.3 Å². The van der Waals surface area contributed by atoms with Gasteiger partial charge in [-0.2, -0.15) is 0 Å². The third kappa shape index (κ3) is 5.74. The van der Waals surface area contributed by atoms with Crippen LogP contribution in [0.5, 0.6) is 0 Å². The topological polar surface area (TPSA) is 79.8 Å². The van der Waals surface area contributed by atoms with Crippen LogP contribution >= 0.6 is 11.8 Å². The summed E-state index contributed by atoms with van der Waals surface area (Å²) in [5.41, 5.74) is 3.52. The number of hydrogen-bond donors (Lipinski definition) is 2. The minimum absolute atomic E-state index is 0.140. The highest BCUT2D eigenvalue weighted by atomic mass is 32.2. The van der Waals surface area contributed by atoms with Gasteiger partial charge >= 0.3 is 5.97 Å². The molecule has 172 valence electrons. The molecule has 0 saturated heterocycles. The van der Waals surface area contributed by atoms with Gasteiger partial charge in [-0.05, 0) is 30.2 Å². The van der Waals surface area contributed by atoms with E-state index in [0.717, 1.165) is 16.8 Å². The van der Waals surface area contributed by atoms with E-state index in [1.165, 1.54) is 11.8 Å². The van der Waals surface area contributed by atoms with E-state index in [4.69, 9.17) is 9.73 Å². The van der Waals surface area contributed by atoms with E-state index in [0.29, 0.717) is 16.4 Å². The zero-order valence-electron chi connectivity index (χ0n) is 18.7. The fourth-order valence-electron chi connectivity index (χ4n) is 3.58. The van der Waals surface area contributed by atoms with Gasteiger partial charge in [-0.3, -0.25) is 4.79 Å². The summed E-state index contributed by atoms with van der Waals surface area (Å²) >= 11 is 1.29. The van der Waals surface area contributed by atoms with Crippen LogP contribution in [-0.4, -0.2) is 29.4 Å². The van der Waals surface area contributed by atoms with Crippen molar-refractivity contribution in [1.29, 1.82) is 0 Å². The second kappa shape index (κ2) is 11.3.